The second-order valence-electron chi connectivity index (χ2n) is 6.45. The first-order valence-electron chi connectivity index (χ1n) is 7.55. The van der Waals surface area contributed by atoms with Crippen molar-refractivity contribution < 1.29 is 14.4 Å². The van der Waals surface area contributed by atoms with Crippen molar-refractivity contribution in [3.8, 4) is 0 Å². The molecule has 0 saturated heterocycles. The summed E-state index contributed by atoms with van der Waals surface area (Å²) in [6.45, 7) is 8.04. The molecule has 0 unspecified atom stereocenters. The van der Waals surface area contributed by atoms with E-state index in [1.807, 2.05) is 64.1 Å². The Morgan fingerprint density at radius 2 is 1.62 bits per heavy atom. The van der Waals surface area contributed by atoms with Gasteiger partial charge in [0.15, 0.2) is 0 Å². The third-order valence-electron chi connectivity index (χ3n) is 4.92. The third-order valence-corrected chi connectivity index (χ3v) is 4.92. The van der Waals surface area contributed by atoms with Crippen LogP contribution in [0.4, 0.5) is 0 Å². The smallest absolute Gasteiger partial charge is 0.341 e. The Morgan fingerprint density at radius 1 is 1.00 bits per heavy atom. The molecule has 2 aromatic rings. The van der Waals surface area contributed by atoms with Crippen molar-refractivity contribution >= 4 is 16.7 Å². The molecule has 1 amide bonds. The number of nitrogens with zero attached hydrogens (tertiary/aromatic N) is 1. The Morgan fingerprint density at radius 3 is 2.24 bits per heavy atom. The highest BCUT2D eigenvalue weighted by Crippen LogP contribution is 2.45. The molecule has 3 rings (SSSR count). The highest BCUT2D eigenvalue weighted by Gasteiger charge is 2.57. The summed E-state index contributed by atoms with van der Waals surface area (Å²) in [5.41, 5.74) is 1.46. The van der Waals surface area contributed by atoms with Crippen molar-refractivity contribution in [2.45, 2.75) is 46.0 Å². The number of benzene rings is 2. The molecule has 0 aromatic heterocycles. The van der Waals surface area contributed by atoms with Crippen LogP contribution in [-0.2, 0) is 0 Å². The van der Waals surface area contributed by atoms with Crippen LogP contribution in [0.2, 0.25) is 0 Å². The quantitative estimate of drug-likeness (QED) is 0.855. The number of aliphatic hydroxyl groups is 1. The zero-order valence-corrected chi connectivity index (χ0v) is 13.0. The summed E-state index contributed by atoms with van der Waals surface area (Å²) >= 11 is 0. The summed E-state index contributed by atoms with van der Waals surface area (Å²) in [5, 5.41) is 12.9. The van der Waals surface area contributed by atoms with Crippen LogP contribution in [0.15, 0.2) is 36.4 Å². The van der Waals surface area contributed by atoms with E-state index >= 15 is 0 Å². The predicted molar refractivity (Wildman–Crippen MR) is 83.8 cm³/mol. The van der Waals surface area contributed by atoms with Gasteiger partial charge in [0.1, 0.15) is 0 Å². The van der Waals surface area contributed by atoms with Crippen LogP contribution in [0.3, 0.4) is 0 Å². The van der Waals surface area contributed by atoms with Gasteiger partial charge in [0.25, 0.3) is 0 Å². The molecule has 1 N–H and O–H groups in total. The van der Waals surface area contributed by atoms with Gasteiger partial charge in [-0.1, -0.05) is 30.3 Å². The first-order chi connectivity index (χ1) is 9.92. The molecule has 21 heavy (non-hydrogen) atoms. The molecule has 0 spiro atoms. The molecule has 0 saturated carbocycles. The maximum absolute atomic E-state index is 13.2. The lowest BCUT2D eigenvalue weighted by Gasteiger charge is -2.42. The van der Waals surface area contributed by atoms with Gasteiger partial charge in [-0.2, -0.15) is 0 Å². The number of rotatable bonds is 2. The van der Waals surface area contributed by atoms with Gasteiger partial charge in [0.2, 0.25) is 6.23 Å². The first kappa shape index (κ1) is 14.2. The predicted octanol–water partition coefficient (Wildman–Crippen LogP) is 3.62. The van der Waals surface area contributed by atoms with Crippen LogP contribution < -0.4 is 0 Å². The Kier molecular flexibility index (Phi) is 3.15. The lowest BCUT2D eigenvalue weighted by Crippen LogP contribution is -2.59. The van der Waals surface area contributed by atoms with Gasteiger partial charge in [0.05, 0.1) is 23.2 Å². The van der Waals surface area contributed by atoms with Crippen molar-refractivity contribution in [1.29, 1.82) is 0 Å². The number of quaternary nitrogens is 1. The second-order valence-corrected chi connectivity index (χ2v) is 6.45. The molecule has 2 aromatic carbocycles. The monoisotopic (exact) mass is 284 g/mol. The Bertz CT molecular complexity index is 710. The van der Waals surface area contributed by atoms with Gasteiger partial charge < -0.3 is 5.11 Å². The van der Waals surface area contributed by atoms with Crippen LogP contribution in [-0.4, -0.2) is 27.6 Å². The van der Waals surface area contributed by atoms with E-state index in [2.05, 4.69) is 0 Å². The van der Waals surface area contributed by atoms with Crippen LogP contribution in [0.1, 0.15) is 49.8 Å². The van der Waals surface area contributed by atoms with E-state index in [1.54, 1.807) is 0 Å². The molecule has 3 nitrogen and oxygen atoms in total. The van der Waals surface area contributed by atoms with Gasteiger partial charge in [-0.05, 0) is 44.5 Å². The van der Waals surface area contributed by atoms with Crippen LogP contribution in [0, 0.1) is 0 Å². The van der Waals surface area contributed by atoms with E-state index in [4.69, 9.17) is 0 Å². The fourth-order valence-corrected chi connectivity index (χ4v) is 3.91. The number of hydrogen-bond donors (Lipinski definition) is 1. The van der Waals surface area contributed by atoms with Gasteiger partial charge in [0, 0.05) is 0 Å². The van der Waals surface area contributed by atoms with Crippen molar-refractivity contribution in [2.24, 2.45) is 0 Å². The number of amides is 1. The van der Waals surface area contributed by atoms with Crippen LogP contribution >= 0.6 is 0 Å². The normalized spacial score (nSPS) is 20.5. The molecule has 1 aliphatic rings. The van der Waals surface area contributed by atoms with Gasteiger partial charge in [-0.3, -0.25) is 0 Å². The molecule has 3 heteroatoms. The molecule has 0 bridgehead atoms. The average molecular weight is 284 g/mol. The molecule has 0 fully saturated rings. The SMILES string of the molecule is CC(C)[N+]1(C(C)C)C(=O)c2c(ccc3ccccc23)[C@H]1O. The van der Waals surface area contributed by atoms with Crippen LogP contribution in [0.25, 0.3) is 10.8 Å². The summed E-state index contributed by atoms with van der Waals surface area (Å²) in [7, 11) is 0. The van der Waals surface area contributed by atoms with Crippen LogP contribution in [0.5, 0.6) is 0 Å². The Labute approximate surface area is 125 Å². The van der Waals surface area contributed by atoms with E-state index in [1.165, 1.54) is 0 Å². The zero-order valence-electron chi connectivity index (χ0n) is 13.0. The van der Waals surface area contributed by atoms with Gasteiger partial charge >= 0.3 is 5.91 Å². The lowest BCUT2D eigenvalue weighted by molar-refractivity contribution is -0.938. The van der Waals surface area contributed by atoms with E-state index in [9.17, 15) is 9.90 Å². The molecule has 0 radical (unpaired) electrons. The molecule has 110 valence electrons. The molecule has 0 aliphatic carbocycles. The van der Waals surface area contributed by atoms with Gasteiger partial charge in [-0.15, -0.1) is 0 Å². The minimum atomic E-state index is -0.780. The Balaban J connectivity index is 2.35. The summed E-state index contributed by atoms with van der Waals surface area (Å²) < 4.78 is 0.0866. The maximum atomic E-state index is 13.2. The van der Waals surface area contributed by atoms with E-state index in [0.29, 0.717) is 5.56 Å². The second kappa shape index (κ2) is 4.65. The number of fused-ring (bicyclic) bond motifs is 3. The molecule has 1 atom stereocenters. The number of carbonyl (C=O) groups is 1. The fourth-order valence-electron chi connectivity index (χ4n) is 3.91. The average Bonchev–Trinajstić information content (AvgIpc) is 2.68. The summed E-state index contributed by atoms with van der Waals surface area (Å²) in [6, 6.07) is 11.8. The first-order valence-corrected chi connectivity index (χ1v) is 7.55. The molecule has 1 aliphatic heterocycles. The van der Waals surface area contributed by atoms with Gasteiger partial charge in [-0.25, -0.2) is 9.28 Å². The number of aliphatic hydroxyl groups excluding tert-OH is 1. The van der Waals surface area contributed by atoms with Crippen molar-refractivity contribution in [1.82, 2.24) is 0 Å². The summed E-state index contributed by atoms with van der Waals surface area (Å²) in [4.78, 5) is 13.2. The summed E-state index contributed by atoms with van der Waals surface area (Å²) in [5.74, 6) is 0.0410. The molecular formula is C18H22NO2+. The van der Waals surface area contributed by atoms with Crippen molar-refractivity contribution in [2.75, 3.05) is 0 Å². The van der Waals surface area contributed by atoms with Crippen molar-refractivity contribution in [3.63, 3.8) is 0 Å². The van der Waals surface area contributed by atoms with E-state index in [-0.39, 0.29) is 22.5 Å². The van der Waals surface area contributed by atoms with Crippen molar-refractivity contribution in [3.05, 3.63) is 47.5 Å². The minimum Gasteiger partial charge on any atom is -0.341 e. The molecule has 1 heterocycles. The zero-order chi connectivity index (χ0) is 15.4. The highest BCUT2D eigenvalue weighted by atomic mass is 16.3. The Hall–Kier alpha value is -1.71. The fraction of sp³-hybridized carbons (Fsp3) is 0.389. The topological polar surface area (TPSA) is 37.3 Å². The standard InChI is InChI=1S/C18H22NO2/c1-11(2)19(12(3)4)17(20)15-10-9-13-7-5-6-8-14(13)16(15)18(19)21/h5-12,17,20H,1-4H3/q+1/t17-/m1/s1. The highest BCUT2D eigenvalue weighted by molar-refractivity contribution is 6.07. The number of hydrogen-bond acceptors (Lipinski definition) is 2. The lowest BCUT2D eigenvalue weighted by atomic mass is 10.0. The summed E-state index contributed by atoms with van der Waals surface area (Å²) in [6.07, 6.45) is -0.780. The minimum absolute atomic E-state index is 0.0265. The van der Waals surface area contributed by atoms with E-state index < -0.39 is 6.23 Å². The number of carbonyl (C=O) groups excluding carboxylic acids is 1. The maximum Gasteiger partial charge on any atom is 0.349 e. The van der Waals surface area contributed by atoms with E-state index in [0.717, 1.165) is 16.3 Å². The largest absolute Gasteiger partial charge is 0.349 e. The molecular weight excluding hydrogens is 262 g/mol. The third kappa shape index (κ3) is 1.65.